The third-order valence-corrected chi connectivity index (χ3v) is 4.68. The van der Waals surface area contributed by atoms with Crippen molar-refractivity contribution in [2.75, 3.05) is 11.4 Å². The predicted molar refractivity (Wildman–Crippen MR) is 95.3 cm³/mol. The van der Waals surface area contributed by atoms with Crippen molar-refractivity contribution < 1.29 is 9.18 Å². The first kappa shape index (κ1) is 15.6. The largest absolute Gasteiger partial charge is 0.322 e. The standard InChI is InChI=1S/C20H17FN2O2/c21-16-7-5-14-11-15(20(25)22-17(14)12-16)6-8-19(24)23-10-9-13-3-1-2-4-18(13)23/h1-5,7,11-12H,6,8-10H2,(H,22,25). The molecule has 1 aliphatic rings. The molecule has 0 spiro atoms. The SMILES string of the molecule is O=C(CCc1cc2ccc(F)cc2[nH]c1=O)N1CCc2ccccc21. The van der Waals surface area contributed by atoms with Crippen molar-refractivity contribution >= 4 is 22.5 Å². The topological polar surface area (TPSA) is 53.2 Å². The van der Waals surface area contributed by atoms with Gasteiger partial charge in [-0.15, -0.1) is 0 Å². The number of aromatic amines is 1. The zero-order valence-electron chi connectivity index (χ0n) is 13.6. The highest BCUT2D eigenvalue weighted by Gasteiger charge is 2.23. The van der Waals surface area contributed by atoms with Gasteiger partial charge in [0, 0.05) is 24.2 Å². The van der Waals surface area contributed by atoms with E-state index in [9.17, 15) is 14.0 Å². The molecule has 3 aromatic rings. The van der Waals surface area contributed by atoms with E-state index in [0.717, 1.165) is 17.5 Å². The van der Waals surface area contributed by atoms with Crippen LogP contribution in [0.5, 0.6) is 0 Å². The number of H-pyrrole nitrogens is 1. The number of aromatic nitrogens is 1. The molecule has 0 saturated carbocycles. The fraction of sp³-hybridized carbons (Fsp3) is 0.200. The Hall–Kier alpha value is -2.95. The van der Waals surface area contributed by atoms with Crippen molar-refractivity contribution in [2.45, 2.75) is 19.3 Å². The van der Waals surface area contributed by atoms with Gasteiger partial charge in [0.05, 0.1) is 5.52 Å². The molecule has 4 nitrogen and oxygen atoms in total. The fourth-order valence-electron chi connectivity index (χ4n) is 3.38. The van der Waals surface area contributed by atoms with Crippen LogP contribution in [0.1, 0.15) is 17.5 Å². The van der Waals surface area contributed by atoms with E-state index in [4.69, 9.17) is 0 Å². The Bertz CT molecular complexity index is 1030. The first-order valence-electron chi connectivity index (χ1n) is 8.31. The van der Waals surface area contributed by atoms with E-state index < -0.39 is 5.82 Å². The van der Waals surface area contributed by atoms with Crippen LogP contribution in [0, 0.1) is 5.82 Å². The van der Waals surface area contributed by atoms with E-state index >= 15 is 0 Å². The predicted octanol–water partition coefficient (Wildman–Crippen LogP) is 3.19. The van der Waals surface area contributed by atoms with Gasteiger partial charge in [0.15, 0.2) is 0 Å². The highest BCUT2D eigenvalue weighted by atomic mass is 19.1. The number of halogens is 1. The first-order valence-corrected chi connectivity index (χ1v) is 8.31. The number of hydrogen-bond acceptors (Lipinski definition) is 2. The molecule has 0 atom stereocenters. The molecule has 1 aromatic heterocycles. The maximum atomic E-state index is 13.2. The van der Waals surface area contributed by atoms with Crippen molar-refractivity contribution in [3.63, 3.8) is 0 Å². The minimum Gasteiger partial charge on any atom is -0.322 e. The summed E-state index contributed by atoms with van der Waals surface area (Å²) in [6, 6.07) is 13.9. The van der Waals surface area contributed by atoms with E-state index in [1.165, 1.54) is 17.7 Å². The van der Waals surface area contributed by atoms with Crippen molar-refractivity contribution in [3.8, 4) is 0 Å². The second-order valence-corrected chi connectivity index (χ2v) is 6.28. The van der Waals surface area contributed by atoms with Crippen LogP contribution in [-0.2, 0) is 17.6 Å². The Labute approximate surface area is 143 Å². The van der Waals surface area contributed by atoms with Crippen LogP contribution in [-0.4, -0.2) is 17.4 Å². The summed E-state index contributed by atoms with van der Waals surface area (Å²) in [7, 11) is 0. The van der Waals surface area contributed by atoms with Crippen molar-refractivity contribution in [1.82, 2.24) is 4.98 Å². The minimum atomic E-state index is -0.390. The number of carbonyl (C=O) groups excluding carboxylic acids is 1. The third-order valence-electron chi connectivity index (χ3n) is 4.68. The quantitative estimate of drug-likeness (QED) is 0.799. The summed E-state index contributed by atoms with van der Waals surface area (Å²) < 4.78 is 13.2. The Morgan fingerprint density at radius 2 is 2.00 bits per heavy atom. The fourth-order valence-corrected chi connectivity index (χ4v) is 3.38. The molecule has 0 saturated heterocycles. The maximum Gasteiger partial charge on any atom is 0.251 e. The van der Waals surface area contributed by atoms with Crippen LogP contribution in [0.3, 0.4) is 0 Å². The molecule has 1 aliphatic heterocycles. The highest BCUT2D eigenvalue weighted by molar-refractivity contribution is 5.95. The Kier molecular flexibility index (Phi) is 3.84. The van der Waals surface area contributed by atoms with Crippen molar-refractivity contribution in [3.05, 3.63) is 75.8 Å². The van der Waals surface area contributed by atoms with Gasteiger partial charge < -0.3 is 9.88 Å². The Morgan fingerprint density at radius 1 is 1.16 bits per heavy atom. The number of anilines is 1. The molecule has 5 heteroatoms. The molecule has 1 N–H and O–H groups in total. The zero-order chi connectivity index (χ0) is 17.4. The smallest absolute Gasteiger partial charge is 0.251 e. The summed E-state index contributed by atoms with van der Waals surface area (Å²) in [5.74, 6) is -0.373. The van der Waals surface area contributed by atoms with Gasteiger partial charge in [0.2, 0.25) is 5.91 Å². The molecule has 0 unspecified atom stereocenters. The summed E-state index contributed by atoms with van der Waals surface area (Å²) in [6.45, 7) is 0.686. The van der Waals surface area contributed by atoms with Gasteiger partial charge in [-0.3, -0.25) is 9.59 Å². The lowest BCUT2D eigenvalue weighted by molar-refractivity contribution is -0.118. The molecular formula is C20H17FN2O2. The molecule has 4 rings (SSSR count). The number of rotatable bonds is 3. The average Bonchev–Trinajstić information content (AvgIpc) is 3.04. The van der Waals surface area contributed by atoms with E-state index in [-0.39, 0.29) is 17.9 Å². The number of carbonyl (C=O) groups is 1. The first-order chi connectivity index (χ1) is 12.1. The van der Waals surface area contributed by atoms with Gasteiger partial charge in [-0.2, -0.15) is 0 Å². The molecule has 2 aromatic carbocycles. The number of para-hydroxylation sites is 1. The number of amides is 1. The molecule has 1 amide bonds. The summed E-state index contributed by atoms with van der Waals surface area (Å²) >= 11 is 0. The van der Waals surface area contributed by atoms with Crippen LogP contribution in [0.4, 0.5) is 10.1 Å². The number of hydrogen-bond donors (Lipinski definition) is 1. The zero-order valence-corrected chi connectivity index (χ0v) is 13.6. The number of benzene rings is 2. The van der Waals surface area contributed by atoms with E-state index in [1.54, 1.807) is 17.0 Å². The van der Waals surface area contributed by atoms with Gasteiger partial charge in [0.25, 0.3) is 5.56 Å². The molecular weight excluding hydrogens is 319 g/mol. The lowest BCUT2D eigenvalue weighted by atomic mass is 10.1. The van der Waals surface area contributed by atoms with E-state index in [0.29, 0.717) is 24.0 Å². The summed E-state index contributed by atoms with van der Waals surface area (Å²) in [5, 5.41) is 0.759. The van der Waals surface area contributed by atoms with Gasteiger partial charge in [-0.05, 0) is 54.1 Å². The second-order valence-electron chi connectivity index (χ2n) is 6.28. The van der Waals surface area contributed by atoms with Crippen LogP contribution in [0.2, 0.25) is 0 Å². The Morgan fingerprint density at radius 3 is 2.88 bits per heavy atom. The molecule has 25 heavy (non-hydrogen) atoms. The van der Waals surface area contributed by atoms with Gasteiger partial charge in [-0.1, -0.05) is 18.2 Å². The van der Waals surface area contributed by atoms with Gasteiger partial charge in [-0.25, -0.2) is 4.39 Å². The van der Waals surface area contributed by atoms with Crippen LogP contribution in [0.25, 0.3) is 10.9 Å². The molecule has 0 radical (unpaired) electrons. The highest BCUT2D eigenvalue weighted by Crippen LogP contribution is 2.28. The van der Waals surface area contributed by atoms with Crippen LogP contribution in [0.15, 0.2) is 53.3 Å². The van der Waals surface area contributed by atoms with Gasteiger partial charge in [0.1, 0.15) is 5.82 Å². The molecule has 0 aliphatic carbocycles. The second kappa shape index (κ2) is 6.16. The van der Waals surface area contributed by atoms with Crippen LogP contribution >= 0.6 is 0 Å². The van der Waals surface area contributed by atoms with Crippen molar-refractivity contribution in [1.29, 1.82) is 0 Å². The average molecular weight is 336 g/mol. The lowest BCUT2D eigenvalue weighted by Gasteiger charge is -2.17. The maximum absolute atomic E-state index is 13.2. The number of fused-ring (bicyclic) bond motifs is 2. The molecule has 126 valence electrons. The summed E-state index contributed by atoms with van der Waals surface area (Å²) in [4.78, 5) is 29.2. The van der Waals surface area contributed by atoms with Crippen LogP contribution < -0.4 is 10.5 Å². The molecule has 0 fully saturated rings. The van der Waals surface area contributed by atoms with Gasteiger partial charge >= 0.3 is 0 Å². The number of nitrogens with zero attached hydrogens (tertiary/aromatic N) is 1. The molecule has 2 heterocycles. The number of aryl methyl sites for hydroxylation is 1. The van der Waals surface area contributed by atoms with E-state index in [1.807, 2.05) is 24.3 Å². The third kappa shape index (κ3) is 2.93. The number of nitrogens with one attached hydrogen (secondary N) is 1. The van der Waals surface area contributed by atoms with Crippen molar-refractivity contribution in [2.24, 2.45) is 0 Å². The molecule has 0 bridgehead atoms. The Balaban J connectivity index is 1.53. The minimum absolute atomic E-state index is 0.0172. The monoisotopic (exact) mass is 336 g/mol. The number of pyridine rings is 1. The summed E-state index contributed by atoms with van der Waals surface area (Å²) in [5.41, 5.74) is 2.89. The lowest BCUT2D eigenvalue weighted by Crippen LogP contribution is -2.29. The normalized spacial score (nSPS) is 13.2. The van der Waals surface area contributed by atoms with E-state index in [2.05, 4.69) is 4.98 Å². The summed E-state index contributed by atoms with van der Waals surface area (Å²) in [6.07, 6.45) is 1.49.